The van der Waals surface area contributed by atoms with E-state index in [2.05, 4.69) is 9.50 Å². The lowest BCUT2D eigenvalue weighted by molar-refractivity contribution is -0.147. The van der Waals surface area contributed by atoms with Gasteiger partial charge >= 0.3 is 19.7 Å². The van der Waals surface area contributed by atoms with E-state index in [4.69, 9.17) is 41.1 Å². The minimum absolute atomic E-state index is 0.477. The van der Waals surface area contributed by atoms with Gasteiger partial charge in [0.25, 0.3) is 0 Å². The normalized spacial score (nSPS) is 19.0. The molecule has 0 aliphatic carbocycles. The maximum Gasteiger partial charge on any atom is 0.451 e. The zero-order chi connectivity index (χ0) is 19.9. The first-order valence-electron chi connectivity index (χ1n) is 6.26. The van der Waals surface area contributed by atoms with Crippen molar-refractivity contribution < 1.29 is 54.2 Å². The third-order valence-corrected chi connectivity index (χ3v) is 2.94. The van der Waals surface area contributed by atoms with Gasteiger partial charge in [-0.15, -0.1) is 4.76 Å². The number of ether oxygens (including phenoxy) is 1. The number of carboxylic acid groups (broad SMARTS) is 1. The number of guanidine groups is 1. The van der Waals surface area contributed by atoms with Crippen LogP contribution in [0.2, 0.25) is 0 Å². The van der Waals surface area contributed by atoms with Gasteiger partial charge in [-0.05, 0) is 0 Å². The molecule has 144 valence electrons. The number of cyclic esters (lactones) is 1. The van der Waals surface area contributed by atoms with Crippen molar-refractivity contribution in [3.63, 3.8) is 0 Å². The standard InChI is InChI=1S/C6H8O6.C4H10N3O5P/c7-1-2(8)5-3(9)4(10)6(11)12-5;1-7(2-3(8)9)4(5)6-13(10,11)12/h2,5,7-10H,1H2;2H2,1H3,(H,8,9)(H4,5,6,10,11,12)/t2-,5+;/m0./s1. The average Bonchev–Trinajstić information content (AvgIpc) is 2.72. The van der Waals surface area contributed by atoms with Crippen molar-refractivity contribution in [3.05, 3.63) is 11.5 Å². The number of nitrogens with two attached hydrogens (primary N) is 1. The third-order valence-electron chi connectivity index (χ3n) is 2.47. The Morgan fingerprint density at radius 2 is 1.96 bits per heavy atom. The molecule has 0 bridgehead atoms. The van der Waals surface area contributed by atoms with Gasteiger partial charge in [0.15, 0.2) is 11.9 Å². The molecule has 1 rings (SSSR count). The summed E-state index contributed by atoms with van der Waals surface area (Å²) in [5.41, 5.74) is 5.07. The lowest BCUT2D eigenvalue weighted by Gasteiger charge is -2.14. The lowest BCUT2D eigenvalue weighted by atomic mass is 10.2. The monoisotopic (exact) mass is 387 g/mol. The van der Waals surface area contributed by atoms with Crippen molar-refractivity contribution in [1.29, 1.82) is 0 Å². The molecule has 0 radical (unpaired) electrons. The van der Waals surface area contributed by atoms with Crippen molar-refractivity contribution in [2.24, 2.45) is 10.5 Å². The molecule has 0 amide bonds. The number of aliphatic carboxylic acids is 1. The van der Waals surface area contributed by atoms with E-state index in [1.54, 1.807) is 0 Å². The summed E-state index contributed by atoms with van der Waals surface area (Å²) in [6.45, 7) is -1.15. The Morgan fingerprint density at radius 1 is 1.44 bits per heavy atom. The van der Waals surface area contributed by atoms with E-state index in [0.717, 1.165) is 4.90 Å². The zero-order valence-corrected chi connectivity index (χ0v) is 13.6. The molecule has 2 atom stereocenters. The second kappa shape index (κ2) is 9.19. The summed E-state index contributed by atoms with van der Waals surface area (Å²) in [7, 11) is -3.34. The molecule has 0 aromatic rings. The Hall–Kier alpha value is -2.38. The van der Waals surface area contributed by atoms with E-state index in [9.17, 15) is 14.2 Å². The Morgan fingerprint density at radius 3 is 2.28 bits per heavy atom. The van der Waals surface area contributed by atoms with Crippen LogP contribution in [0.25, 0.3) is 0 Å². The average molecular weight is 387 g/mol. The van der Waals surface area contributed by atoms with E-state index in [-0.39, 0.29) is 0 Å². The molecule has 0 aromatic heterocycles. The number of carbonyl (C=O) groups excluding carboxylic acids is 1. The fraction of sp³-hybridized carbons (Fsp3) is 0.500. The maximum absolute atomic E-state index is 10.5. The third kappa shape index (κ3) is 7.82. The molecule has 0 spiro atoms. The number of carbonyl (C=O) groups is 2. The highest BCUT2D eigenvalue weighted by molar-refractivity contribution is 7.50. The summed E-state index contributed by atoms with van der Waals surface area (Å²) in [5.74, 6) is -4.47. The van der Waals surface area contributed by atoms with Crippen LogP contribution < -0.4 is 5.73 Å². The summed E-state index contributed by atoms with van der Waals surface area (Å²) in [4.78, 5) is 38.3. The molecule has 9 N–H and O–H groups in total. The fourth-order valence-electron chi connectivity index (χ4n) is 1.32. The number of rotatable bonds is 5. The highest BCUT2D eigenvalue weighted by Gasteiger charge is 2.38. The van der Waals surface area contributed by atoms with Crippen molar-refractivity contribution in [1.82, 2.24) is 4.90 Å². The van der Waals surface area contributed by atoms with Gasteiger partial charge in [-0.3, -0.25) is 4.79 Å². The Balaban J connectivity index is 0.000000462. The first-order chi connectivity index (χ1) is 11.3. The molecule has 0 saturated heterocycles. The zero-order valence-electron chi connectivity index (χ0n) is 12.8. The van der Waals surface area contributed by atoms with Gasteiger partial charge in [0.1, 0.15) is 12.6 Å². The summed E-state index contributed by atoms with van der Waals surface area (Å²) >= 11 is 0. The minimum atomic E-state index is -4.59. The Bertz CT molecular complexity index is 613. The summed E-state index contributed by atoms with van der Waals surface area (Å²) < 4.78 is 17.4. The van der Waals surface area contributed by atoms with Crippen LogP contribution in [0.3, 0.4) is 0 Å². The van der Waals surface area contributed by atoms with Gasteiger partial charge in [0.2, 0.25) is 11.7 Å². The largest absolute Gasteiger partial charge is 0.505 e. The molecule has 1 heterocycles. The molecule has 14 nitrogen and oxygen atoms in total. The number of carboxylic acids is 1. The van der Waals surface area contributed by atoms with Crippen LogP contribution in [0, 0.1) is 0 Å². The summed E-state index contributed by atoms with van der Waals surface area (Å²) in [6, 6.07) is 0. The van der Waals surface area contributed by atoms with Crippen molar-refractivity contribution in [2.45, 2.75) is 12.2 Å². The quantitative estimate of drug-likeness (QED) is 0.102. The van der Waals surface area contributed by atoms with Gasteiger partial charge in [0.05, 0.1) is 6.61 Å². The SMILES string of the molecule is CN(CC(=O)O)/C(N)=N/P(=O)(O)O.O=C1O[C@H]([C@@H](O)CO)C(O)=C1O. The van der Waals surface area contributed by atoms with Gasteiger partial charge in [-0.2, -0.15) is 0 Å². The second-order valence-electron chi connectivity index (χ2n) is 4.53. The van der Waals surface area contributed by atoms with Crippen molar-refractivity contribution >= 4 is 25.6 Å². The maximum atomic E-state index is 10.5. The number of aliphatic hydroxyl groups is 4. The van der Waals surface area contributed by atoms with E-state index >= 15 is 0 Å². The molecular formula is C10H18N3O11P. The van der Waals surface area contributed by atoms with Crippen LogP contribution in [0.5, 0.6) is 0 Å². The summed E-state index contributed by atoms with van der Waals surface area (Å²) in [5, 5.41) is 43.3. The predicted molar refractivity (Wildman–Crippen MR) is 79.2 cm³/mol. The summed E-state index contributed by atoms with van der Waals surface area (Å²) in [6.07, 6.45) is -2.78. The van der Waals surface area contributed by atoms with Crippen molar-refractivity contribution in [3.8, 4) is 0 Å². The highest BCUT2D eigenvalue weighted by Crippen LogP contribution is 2.35. The second-order valence-corrected chi connectivity index (χ2v) is 5.76. The van der Waals surface area contributed by atoms with Crippen LogP contribution in [-0.2, 0) is 18.9 Å². The molecule has 1 aliphatic heterocycles. The predicted octanol–water partition coefficient (Wildman–Crippen LogP) is -3.00. The molecule has 0 fully saturated rings. The van der Waals surface area contributed by atoms with E-state index in [1.807, 2.05) is 0 Å². The smallest absolute Gasteiger partial charge is 0.451 e. The molecule has 15 heteroatoms. The molecule has 0 unspecified atom stereocenters. The van der Waals surface area contributed by atoms with Gasteiger partial charge in [-0.1, -0.05) is 0 Å². The fourth-order valence-corrected chi connectivity index (χ4v) is 1.74. The molecule has 0 aromatic carbocycles. The Labute approximate surface area is 140 Å². The molecular weight excluding hydrogens is 369 g/mol. The Kier molecular flexibility index (Phi) is 8.32. The van der Waals surface area contributed by atoms with Crippen LogP contribution in [-0.4, -0.2) is 90.5 Å². The molecule has 25 heavy (non-hydrogen) atoms. The van der Waals surface area contributed by atoms with Crippen LogP contribution in [0.1, 0.15) is 0 Å². The van der Waals surface area contributed by atoms with Crippen LogP contribution in [0.4, 0.5) is 0 Å². The molecule has 0 saturated carbocycles. The number of likely N-dealkylation sites (N-methyl/N-ethyl adjacent to an activating group) is 1. The number of esters is 1. The van der Waals surface area contributed by atoms with Crippen LogP contribution in [0.15, 0.2) is 16.3 Å². The molecule has 1 aliphatic rings. The first kappa shape index (κ1) is 22.6. The van der Waals surface area contributed by atoms with E-state index in [0.29, 0.717) is 0 Å². The number of nitrogens with zero attached hydrogens (tertiary/aromatic N) is 2. The lowest BCUT2D eigenvalue weighted by Crippen LogP contribution is -2.37. The van der Waals surface area contributed by atoms with Gasteiger partial charge in [-0.25, -0.2) is 9.36 Å². The topological polar surface area (TPSA) is 244 Å². The first-order valence-corrected chi connectivity index (χ1v) is 7.82. The van der Waals surface area contributed by atoms with Gasteiger partial charge < -0.3 is 50.7 Å². The minimum Gasteiger partial charge on any atom is -0.505 e. The van der Waals surface area contributed by atoms with Crippen molar-refractivity contribution in [2.75, 3.05) is 20.2 Å². The van der Waals surface area contributed by atoms with Gasteiger partial charge in [0, 0.05) is 7.05 Å². The van der Waals surface area contributed by atoms with Crippen LogP contribution >= 0.6 is 7.75 Å². The number of aliphatic hydroxyl groups excluding tert-OH is 4. The number of hydrogen-bond donors (Lipinski definition) is 8. The highest BCUT2D eigenvalue weighted by atomic mass is 31.2. The van der Waals surface area contributed by atoms with E-state index in [1.165, 1.54) is 7.05 Å². The van der Waals surface area contributed by atoms with E-state index < -0.39 is 62.5 Å². The number of hydrogen-bond acceptors (Lipinski definition) is 8.